The fourth-order valence-electron chi connectivity index (χ4n) is 6.91. The first-order valence-electron chi connectivity index (χ1n) is 17.0. The molecule has 9 rings (SSSR count). The summed E-state index contributed by atoms with van der Waals surface area (Å²) in [6.45, 7) is 0. The Morgan fingerprint density at radius 1 is 0.260 bits per heavy atom. The Morgan fingerprint density at radius 2 is 0.680 bits per heavy atom. The molecule has 0 aliphatic carbocycles. The van der Waals surface area contributed by atoms with Gasteiger partial charge in [-0.25, -0.2) is 9.97 Å². The Bertz CT molecular complexity index is 2640. The van der Waals surface area contributed by atoms with Gasteiger partial charge in [-0.1, -0.05) is 164 Å². The van der Waals surface area contributed by atoms with Gasteiger partial charge in [-0.3, -0.25) is 0 Å². The second-order valence-electron chi connectivity index (χ2n) is 12.6. The smallest absolute Gasteiger partial charge is 0.160 e. The van der Waals surface area contributed by atoms with Gasteiger partial charge in [0.15, 0.2) is 5.82 Å². The van der Waals surface area contributed by atoms with Crippen LogP contribution in [0.1, 0.15) is 0 Å². The minimum atomic E-state index is 0.711. The van der Waals surface area contributed by atoms with Gasteiger partial charge in [-0.15, -0.1) is 0 Å². The van der Waals surface area contributed by atoms with Crippen LogP contribution in [-0.2, 0) is 0 Å². The molecule has 0 bridgehead atoms. The van der Waals surface area contributed by atoms with Gasteiger partial charge in [-0.2, -0.15) is 0 Å². The van der Waals surface area contributed by atoms with Crippen LogP contribution in [0.15, 0.2) is 194 Å². The zero-order valence-electron chi connectivity index (χ0n) is 27.4. The van der Waals surface area contributed by atoms with Crippen LogP contribution in [0.3, 0.4) is 0 Å². The molecule has 0 radical (unpaired) electrons. The quantitative estimate of drug-likeness (QED) is 0.170. The van der Waals surface area contributed by atoms with E-state index in [1.54, 1.807) is 0 Å². The standard InChI is InChI=1S/C48H32N2/c1-3-13-33(14-4-1)36-18-9-20-38(29-36)39-21-10-22-40(30-39)41-23-12-25-43(32-41)48-49-46(42-24-11-19-37(31-42)34-15-5-2-6-16-34)45-28-27-35-17-7-8-26-44(35)47(45)50-48/h1-32H. The summed E-state index contributed by atoms with van der Waals surface area (Å²) in [4.78, 5) is 10.6. The maximum Gasteiger partial charge on any atom is 0.160 e. The third-order valence-electron chi connectivity index (χ3n) is 9.45. The number of nitrogens with zero attached hydrogens (tertiary/aromatic N) is 2. The average Bonchev–Trinajstić information content (AvgIpc) is 3.21. The first-order chi connectivity index (χ1) is 24.8. The molecule has 0 saturated heterocycles. The molecule has 2 heteroatoms. The Morgan fingerprint density at radius 3 is 1.26 bits per heavy atom. The van der Waals surface area contributed by atoms with E-state index < -0.39 is 0 Å². The summed E-state index contributed by atoms with van der Waals surface area (Å²) in [5.74, 6) is 0.711. The molecule has 1 aromatic heterocycles. The molecule has 0 aliphatic rings. The Labute approximate surface area is 292 Å². The van der Waals surface area contributed by atoms with Crippen molar-refractivity contribution in [1.82, 2.24) is 9.97 Å². The van der Waals surface area contributed by atoms with Crippen LogP contribution in [0.2, 0.25) is 0 Å². The molecule has 1 heterocycles. The number of benzene rings is 8. The summed E-state index contributed by atoms with van der Waals surface area (Å²) in [5.41, 5.74) is 13.3. The van der Waals surface area contributed by atoms with Gasteiger partial charge in [0.25, 0.3) is 0 Å². The highest BCUT2D eigenvalue weighted by Crippen LogP contribution is 2.36. The maximum atomic E-state index is 5.31. The first kappa shape index (κ1) is 29.5. The van der Waals surface area contributed by atoms with Crippen molar-refractivity contribution in [3.63, 3.8) is 0 Å². The van der Waals surface area contributed by atoms with Gasteiger partial charge in [0.05, 0.1) is 11.2 Å². The van der Waals surface area contributed by atoms with Crippen LogP contribution in [0, 0.1) is 0 Å². The van der Waals surface area contributed by atoms with Crippen molar-refractivity contribution in [2.75, 3.05) is 0 Å². The molecule has 0 fully saturated rings. The molecule has 2 nitrogen and oxygen atoms in total. The number of hydrogen-bond acceptors (Lipinski definition) is 2. The SMILES string of the molecule is c1ccc(-c2cccc(-c3cccc(-c4cccc(-c5nc(-c6cccc(-c7ccccc7)c6)c6ccc7ccccc7c6n5)c4)c3)c2)cc1. The van der Waals surface area contributed by atoms with E-state index in [1.807, 2.05) is 0 Å². The zero-order valence-corrected chi connectivity index (χ0v) is 27.4. The van der Waals surface area contributed by atoms with Crippen LogP contribution < -0.4 is 0 Å². The van der Waals surface area contributed by atoms with Crippen molar-refractivity contribution in [1.29, 1.82) is 0 Å². The largest absolute Gasteiger partial charge is 0.227 e. The minimum absolute atomic E-state index is 0.711. The number of hydrogen-bond donors (Lipinski definition) is 0. The summed E-state index contributed by atoms with van der Waals surface area (Å²) in [6, 6.07) is 68.7. The van der Waals surface area contributed by atoms with Gasteiger partial charge in [0.1, 0.15) is 0 Å². The topological polar surface area (TPSA) is 25.8 Å². The van der Waals surface area contributed by atoms with Crippen molar-refractivity contribution in [2.24, 2.45) is 0 Å². The minimum Gasteiger partial charge on any atom is -0.227 e. The summed E-state index contributed by atoms with van der Waals surface area (Å²) < 4.78 is 0. The monoisotopic (exact) mass is 636 g/mol. The highest BCUT2D eigenvalue weighted by molar-refractivity contribution is 6.09. The highest BCUT2D eigenvalue weighted by Gasteiger charge is 2.15. The molecule has 0 atom stereocenters. The highest BCUT2D eigenvalue weighted by atomic mass is 14.9. The Kier molecular flexibility index (Phi) is 7.53. The van der Waals surface area contributed by atoms with E-state index in [2.05, 4.69) is 194 Å². The second kappa shape index (κ2) is 12.8. The van der Waals surface area contributed by atoms with Gasteiger partial charge in [0.2, 0.25) is 0 Å². The second-order valence-corrected chi connectivity index (χ2v) is 12.6. The van der Waals surface area contributed by atoms with Crippen molar-refractivity contribution in [3.05, 3.63) is 194 Å². The normalized spacial score (nSPS) is 11.2. The van der Waals surface area contributed by atoms with E-state index in [9.17, 15) is 0 Å². The molecule has 8 aromatic carbocycles. The van der Waals surface area contributed by atoms with E-state index in [0.29, 0.717) is 5.82 Å². The molecular formula is C48H32N2. The van der Waals surface area contributed by atoms with Crippen LogP contribution in [0.4, 0.5) is 0 Å². The molecule has 234 valence electrons. The fraction of sp³-hybridized carbons (Fsp3) is 0. The van der Waals surface area contributed by atoms with Crippen LogP contribution in [-0.4, -0.2) is 9.97 Å². The van der Waals surface area contributed by atoms with Crippen LogP contribution in [0.5, 0.6) is 0 Å². The lowest BCUT2D eigenvalue weighted by Gasteiger charge is -2.13. The zero-order chi connectivity index (χ0) is 33.3. The Hall–Kier alpha value is -6.64. The van der Waals surface area contributed by atoms with E-state index in [4.69, 9.17) is 9.97 Å². The van der Waals surface area contributed by atoms with E-state index >= 15 is 0 Å². The lowest BCUT2D eigenvalue weighted by molar-refractivity contribution is 1.23. The molecule has 0 amide bonds. The summed E-state index contributed by atoms with van der Waals surface area (Å²) >= 11 is 0. The molecule has 50 heavy (non-hydrogen) atoms. The van der Waals surface area contributed by atoms with Crippen molar-refractivity contribution in [2.45, 2.75) is 0 Å². The molecule has 0 aliphatic heterocycles. The molecule has 0 saturated carbocycles. The van der Waals surface area contributed by atoms with Crippen molar-refractivity contribution < 1.29 is 0 Å². The van der Waals surface area contributed by atoms with Gasteiger partial charge >= 0.3 is 0 Å². The third-order valence-corrected chi connectivity index (χ3v) is 9.45. The number of rotatable bonds is 6. The fourth-order valence-corrected chi connectivity index (χ4v) is 6.91. The van der Waals surface area contributed by atoms with Crippen LogP contribution >= 0.6 is 0 Å². The first-order valence-corrected chi connectivity index (χ1v) is 17.0. The molecule has 0 N–H and O–H groups in total. The van der Waals surface area contributed by atoms with E-state index in [0.717, 1.165) is 55.2 Å². The van der Waals surface area contributed by atoms with Crippen molar-refractivity contribution in [3.8, 4) is 67.2 Å². The average molecular weight is 637 g/mol. The maximum absolute atomic E-state index is 5.31. The van der Waals surface area contributed by atoms with Gasteiger partial charge in [0, 0.05) is 21.9 Å². The lowest BCUT2D eigenvalue weighted by atomic mass is 9.95. The summed E-state index contributed by atoms with van der Waals surface area (Å²) in [6.07, 6.45) is 0. The predicted octanol–water partition coefficient (Wildman–Crippen LogP) is 12.8. The van der Waals surface area contributed by atoms with Gasteiger partial charge in [-0.05, 0) is 80.2 Å². The van der Waals surface area contributed by atoms with E-state index in [1.165, 1.54) is 27.8 Å². The summed E-state index contributed by atoms with van der Waals surface area (Å²) in [5, 5.41) is 3.32. The lowest BCUT2D eigenvalue weighted by Crippen LogP contribution is -1.96. The number of fused-ring (bicyclic) bond motifs is 3. The number of aromatic nitrogens is 2. The Balaban J connectivity index is 1.16. The van der Waals surface area contributed by atoms with Crippen molar-refractivity contribution >= 4 is 21.7 Å². The van der Waals surface area contributed by atoms with E-state index in [-0.39, 0.29) is 0 Å². The molecule has 9 aromatic rings. The molecule has 0 unspecified atom stereocenters. The molecular weight excluding hydrogens is 605 g/mol. The molecule has 0 spiro atoms. The van der Waals surface area contributed by atoms with Crippen LogP contribution in [0.25, 0.3) is 88.8 Å². The predicted molar refractivity (Wildman–Crippen MR) is 210 cm³/mol. The third kappa shape index (κ3) is 5.63. The summed E-state index contributed by atoms with van der Waals surface area (Å²) in [7, 11) is 0. The van der Waals surface area contributed by atoms with Gasteiger partial charge < -0.3 is 0 Å².